The molecule has 6 nitrogen and oxygen atoms in total. The third-order valence-electron chi connectivity index (χ3n) is 2.53. The summed E-state index contributed by atoms with van der Waals surface area (Å²) in [6, 6.07) is 7.16. The van der Waals surface area contributed by atoms with E-state index < -0.39 is 0 Å². The number of carbonyl (C=O) groups excluding carboxylic acids is 1. The summed E-state index contributed by atoms with van der Waals surface area (Å²) in [7, 11) is 0. The maximum atomic E-state index is 11.1. The highest BCUT2D eigenvalue weighted by Gasteiger charge is 2.13. The number of pyridine rings is 1. The number of nitrogens with zero attached hydrogens (tertiary/aromatic N) is 5. The topological polar surface area (TPSA) is 73.6 Å². The van der Waals surface area contributed by atoms with Crippen molar-refractivity contribution < 1.29 is 4.79 Å². The summed E-state index contributed by atoms with van der Waals surface area (Å²) in [5.74, 6) is 0.410. The van der Waals surface area contributed by atoms with Gasteiger partial charge in [0.05, 0.1) is 11.3 Å². The zero-order valence-electron chi connectivity index (χ0n) is 9.84. The lowest BCUT2D eigenvalue weighted by Crippen LogP contribution is -2.00. The first kappa shape index (κ1) is 11.2. The second-order valence-corrected chi connectivity index (χ2v) is 3.76. The summed E-state index contributed by atoms with van der Waals surface area (Å²) >= 11 is 0. The van der Waals surface area contributed by atoms with E-state index in [1.165, 1.54) is 4.68 Å². The van der Waals surface area contributed by atoms with Gasteiger partial charge in [-0.05, 0) is 18.2 Å². The highest BCUT2D eigenvalue weighted by atomic mass is 16.1. The van der Waals surface area contributed by atoms with Crippen LogP contribution in [-0.4, -0.2) is 31.0 Å². The van der Waals surface area contributed by atoms with Crippen molar-refractivity contribution in [2.24, 2.45) is 0 Å². The molecular weight excluding hydrogens is 242 g/mol. The Balaban J connectivity index is 2.12. The number of aldehydes is 1. The second-order valence-electron chi connectivity index (χ2n) is 3.76. The van der Waals surface area contributed by atoms with Gasteiger partial charge in [0.2, 0.25) is 5.95 Å². The van der Waals surface area contributed by atoms with Crippen LogP contribution in [0.4, 0.5) is 0 Å². The van der Waals surface area contributed by atoms with Crippen LogP contribution in [-0.2, 0) is 0 Å². The van der Waals surface area contributed by atoms with Crippen LogP contribution in [0.3, 0.4) is 0 Å². The minimum atomic E-state index is 0.410. The monoisotopic (exact) mass is 251 g/mol. The number of carbonyl (C=O) groups is 1. The van der Waals surface area contributed by atoms with Crippen LogP contribution in [0.1, 0.15) is 10.4 Å². The van der Waals surface area contributed by atoms with Crippen LogP contribution in [0.25, 0.3) is 17.3 Å². The summed E-state index contributed by atoms with van der Waals surface area (Å²) in [6.07, 6.45) is 7.22. The quantitative estimate of drug-likeness (QED) is 0.660. The SMILES string of the molecule is O=Cc1cn(-c2ncccn2)nc1-c1ccccn1. The zero-order chi connectivity index (χ0) is 13.1. The summed E-state index contributed by atoms with van der Waals surface area (Å²) in [4.78, 5) is 23.5. The van der Waals surface area contributed by atoms with E-state index >= 15 is 0 Å². The molecule has 0 amide bonds. The Kier molecular flexibility index (Phi) is 2.82. The van der Waals surface area contributed by atoms with Crippen LogP contribution in [0.2, 0.25) is 0 Å². The Morgan fingerprint density at radius 1 is 1.00 bits per heavy atom. The lowest BCUT2D eigenvalue weighted by atomic mass is 10.2. The van der Waals surface area contributed by atoms with Gasteiger partial charge in [-0.25, -0.2) is 14.6 Å². The van der Waals surface area contributed by atoms with Gasteiger partial charge in [-0.15, -0.1) is 0 Å². The Labute approximate surface area is 108 Å². The summed E-state index contributed by atoms with van der Waals surface area (Å²) in [6.45, 7) is 0. The molecule has 19 heavy (non-hydrogen) atoms. The van der Waals surface area contributed by atoms with Gasteiger partial charge in [0, 0.05) is 24.8 Å². The molecule has 0 saturated heterocycles. The highest BCUT2D eigenvalue weighted by Crippen LogP contribution is 2.19. The van der Waals surface area contributed by atoms with Crippen LogP contribution >= 0.6 is 0 Å². The van der Waals surface area contributed by atoms with E-state index in [2.05, 4.69) is 20.1 Å². The van der Waals surface area contributed by atoms with Crippen LogP contribution in [0.5, 0.6) is 0 Å². The molecule has 3 aromatic heterocycles. The Bertz CT molecular complexity index is 694. The molecule has 0 bridgehead atoms. The van der Waals surface area contributed by atoms with Gasteiger partial charge in [-0.2, -0.15) is 5.10 Å². The first-order chi connectivity index (χ1) is 9.38. The Hall–Kier alpha value is -2.89. The molecule has 92 valence electrons. The molecule has 6 heteroatoms. The summed E-state index contributed by atoms with van der Waals surface area (Å²) in [5.41, 5.74) is 1.61. The standard InChI is InChI=1S/C13H9N5O/c19-9-10-8-18(13-15-6-3-7-16-13)17-12(10)11-4-1-2-5-14-11/h1-9H. The fraction of sp³-hybridized carbons (Fsp3) is 0. The van der Waals surface area contributed by atoms with Crippen molar-refractivity contribution in [1.82, 2.24) is 24.7 Å². The van der Waals surface area contributed by atoms with Gasteiger partial charge in [0.1, 0.15) is 5.69 Å². The number of hydrogen-bond donors (Lipinski definition) is 0. The number of hydrogen-bond acceptors (Lipinski definition) is 5. The molecule has 0 saturated carbocycles. The minimum absolute atomic E-state index is 0.410. The molecule has 0 radical (unpaired) electrons. The lowest BCUT2D eigenvalue weighted by molar-refractivity contribution is 0.112. The maximum Gasteiger partial charge on any atom is 0.250 e. The molecule has 3 rings (SSSR count). The third kappa shape index (κ3) is 2.11. The first-order valence-electron chi connectivity index (χ1n) is 5.62. The average Bonchev–Trinajstić information content (AvgIpc) is 2.93. The van der Waals surface area contributed by atoms with E-state index in [1.54, 1.807) is 43.0 Å². The van der Waals surface area contributed by atoms with E-state index in [0.717, 1.165) is 6.29 Å². The van der Waals surface area contributed by atoms with Crippen molar-refractivity contribution >= 4 is 6.29 Å². The van der Waals surface area contributed by atoms with Crippen LogP contribution in [0.15, 0.2) is 49.1 Å². The molecule has 0 N–H and O–H groups in total. The van der Waals surface area contributed by atoms with Gasteiger partial charge in [0.25, 0.3) is 0 Å². The normalized spacial score (nSPS) is 10.3. The van der Waals surface area contributed by atoms with E-state index in [9.17, 15) is 4.79 Å². The summed E-state index contributed by atoms with van der Waals surface area (Å²) in [5, 5.41) is 4.32. The number of rotatable bonds is 3. The molecular formula is C13H9N5O. The molecule has 0 aliphatic heterocycles. The fourth-order valence-electron chi connectivity index (χ4n) is 1.69. The lowest BCUT2D eigenvalue weighted by Gasteiger charge is -1.97. The molecule has 3 aromatic rings. The van der Waals surface area contributed by atoms with Crippen molar-refractivity contribution in [2.45, 2.75) is 0 Å². The maximum absolute atomic E-state index is 11.1. The van der Waals surface area contributed by atoms with Gasteiger partial charge < -0.3 is 0 Å². The number of aromatic nitrogens is 5. The van der Waals surface area contributed by atoms with Gasteiger partial charge in [0.15, 0.2) is 6.29 Å². The smallest absolute Gasteiger partial charge is 0.250 e. The molecule has 0 aromatic carbocycles. The van der Waals surface area contributed by atoms with Crippen molar-refractivity contribution in [2.75, 3.05) is 0 Å². The summed E-state index contributed by atoms with van der Waals surface area (Å²) < 4.78 is 1.47. The van der Waals surface area contributed by atoms with E-state index in [4.69, 9.17) is 0 Å². The molecule has 0 fully saturated rings. The molecule has 0 unspecified atom stereocenters. The van der Waals surface area contributed by atoms with Crippen molar-refractivity contribution in [1.29, 1.82) is 0 Å². The molecule has 0 aliphatic rings. The van der Waals surface area contributed by atoms with Crippen molar-refractivity contribution in [3.63, 3.8) is 0 Å². The minimum Gasteiger partial charge on any atom is -0.298 e. The molecule has 3 heterocycles. The largest absolute Gasteiger partial charge is 0.298 e. The molecule has 0 aliphatic carbocycles. The van der Waals surface area contributed by atoms with Gasteiger partial charge in [-0.3, -0.25) is 9.78 Å². The van der Waals surface area contributed by atoms with E-state index in [1.807, 2.05) is 6.07 Å². The van der Waals surface area contributed by atoms with E-state index in [0.29, 0.717) is 22.9 Å². The molecule has 0 spiro atoms. The molecule has 0 atom stereocenters. The van der Waals surface area contributed by atoms with Gasteiger partial charge >= 0.3 is 0 Å². The first-order valence-corrected chi connectivity index (χ1v) is 5.62. The van der Waals surface area contributed by atoms with Crippen molar-refractivity contribution in [3.8, 4) is 17.3 Å². The van der Waals surface area contributed by atoms with Gasteiger partial charge in [-0.1, -0.05) is 6.07 Å². The van der Waals surface area contributed by atoms with Crippen molar-refractivity contribution in [3.05, 3.63) is 54.6 Å². The zero-order valence-corrected chi connectivity index (χ0v) is 9.84. The predicted molar refractivity (Wildman–Crippen MR) is 67.8 cm³/mol. The Morgan fingerprint density at radius 2 is 1.79 bits per heavy atom. The average molecular weight is 251 g/mol. The predicted octanol–water partition coefficient (Wildman–Crippen LogP) is 1.54. The van der Waals surface area contributed by atoms with Crippen LogP contribution in [0, 0.1) is 0 Å². The third-order valence-corrected chi connectivity index (χ3v) is 2.53. The Morgan fingerprint density at radius 3 is 2.47 bits per heavy atom. The second kappa shape index (κ2) is 4.77. The highest BCUT2D eigenvalue weighted by molar-refractivity contribution is 5.84. The van der Waals surface area contributed by atoms with E-state index in [-0.39, 0.29) is 0 Å². The fourth-order valence-corrected chi connectivity index (χ4v) is 1.69. The van der Waals surface area contributed by atoms with Crippen LogP contribution < -0.4 is 0 Å².